The molecule has 0 aromatic heterocycles. The third-order valence-corrected chi connectivity index (χ3v) is 2.98. The van der Waals surface area contributed by atoms with Gasteiger partial charge in [-0.3, -0.25) is 0 Å². The van der Waals surface area contributed by atoms with Crippen molar-refractivity contribution < 1.29 is 0 Å². The van der Waals surface area contributed by atoms with E-state index < -0.39 is 0 Å². The molecule has 72 valence electrons. The van der Waals surface area contributed by atoms with Gasteiger partial charge in [0.05, 0.1) is 0 Å². The zero-order chi connectivity index (χ0) is 9.19. The van der Waals surface area contributed by atoms with Crippen molar-refractivity contribution in [3.05, 3.63) is 0 Å². The van der Waals surface area contributed by atoms with Crippen molar-refractivity contribution in [2.75, 3.05) is 6.54 Å². The summed E-state index contributed by atoms with van der Waals surface area (Å²) in [5.41, 5.74) is 0.432. The van der Waals surface area contributed by atoms with Gasteiger partial charge < -0.3 is 5.32 Å². The zero-order valence-electron chi connectivity index (χ0n) is 8.98. The minimum Gasteiger partial charge on any atom is -0.313 e. The van der Waals surface area contributed by atoms with E-state index in [1.54, 1.807) is 0 Å². The molecule has 1 aliphatic rings. The van der Waals surface area contributed by atoms with E-state index in [0.717, 1.165) is 18.5 Å². The second-order valence-corrected chi connectivity index (χ2v) is 5.09. The van der Waals surface area contributed by atoms with Crippen molar-refractivity contribution in [2.24, 2.45) is 11.3 Å². The highest BCUT2D eigenvalue weighted by atomic mass is 14.9. The molecule has 1 saturated carbocycles. The molecule has 0 spiro atoms. The fourth-order valence-electron chi connectivity index (χ4n) is 2.17. The van der Waals surface area contributed by atoms with Gasteiger partial charge in [0.2, 0.25) is 0 Å². The standard InChI is InChI=1S/C11H23N/c1-5-12-10(11(2,3)4)9-7-6-8-9/h9-10,12H,5-8H2,1-4H3. The molecule has 1 heteroatoms. The van der Waals surface area contributed by atoms with E-state index in [2.05, 4.69) is 33.0 Å². The minimum absolute atomic E-state index is 0.432. The van der Waals surface area contributed by atoms with Gasteiger partial charge in [-0.05, 0) is 30.7 Å². The minimum atomic E-state index is 0.432. The molecule has 1 atom stereocenters. The Morgan fingerprint density at radius 2 is 1.92 bits per heavy atom. The smallest absolute Gasteiger partial charge is 0.0144 e. The molecule has 0 aromatic carbocycles. The third kappa shape index (κ3) is 2.22. The highest BCUT2D eigenvalue weighted by Crippen LogP contribution is 2.37. The molecule has 1 N–H and O–H groups in total. The van der Waals surface area contributed by atoms with E-state index in [1.165, 1.54) is 19.3 Å². The molecule has 0 saturated heterocycles. The lowest BCUT2D eigenvalue weighted by atomic mass is 9.70. The zero-order valence-corrected chi connectivity index (χ0v) is 8.98. The Morgan fingerprint density at radius 1 is 1.33 bits per heavy atom. The number of hydrogen-bond donors (Lipinski definition) is 1. The van der Waals surface area contributed by atoms with E-state index >= 15 is 0 Å². The van der Waals surface area contributed by atoms with Crippen LogP contribution in [0.5, 0.6) is 0 Å². The fourth-order valence-corrected chi connectivity index (χ4v) is 2.17. The summed E-state index contributed by atoms with van der Waals surface area (Å²) in [5.74, 6) is 0.949. The first-order valence-corrected chi connectivity index (χ1v) is 5.29. The van der Waals surface area contributed by atoms with E-state index in [4.69, 9.17) is 0 Å². The summed E-state index contributed by atoms with van der Waals surface area (Å²) in [6, 6.07) is 0.733. The van der Waals surface area contributed by atoms with Gasteiger partial charge in [-0.1, -0.05) is 34.1 Å². The molecule has 1 fully saturated rings. The van der Waals surface area contributed by atoms with Crippen LogP contribution in [0.25, 0.3) is 0 Å². The summed E-state index contributed by atoms with van der Waals surface area (Å²) in [4.78, 5) is 0. The molecule has 0 radical (unpaired) electrons. The van der Waals surface area contributed by atoms with Crippen LogP contribution in [0.15, 0.2) is 0 Å². The molecule has 0 aromatic rings. The van der Waals surface area contributed by atoms with Gasteiger partial charge in [0, 0.05) is 6.04 Å². The van der Waals surface area contributed by atoms with Crippen molar-refractivity contribution in [2.45, 2.75) is 53.0 Å². The topological polar surface area (TPSA) is 12.0 Å². The number of nitrogens with one attached hydrogen (secondary N) is 1. The van der Waals surface area contributed by atoms with Crippen LogP contribution in [0.4, 0.5) is 0 Å². The largest absolute Gasteiger partial charge is 0.313 e. The van der Waals surface area contributed by atoms with Crippen molar-refractivity contribution in [3.63, 3.8) is 0 Å². The van der Waals surface area contributed by atoms with Gasteiger partial charge in [0.1, 0.15) is 0 Å². The average molecular weight is 169 g/mol. The maximum absolute atomic E-state index is 3.62. The third-order valence-electron chi connectivity index (χ3n) is 2.98. The summed E-state index contributed by atoms with van der Waals surface area (Å²) in [6.45, 7) is 10.4. The van der Waals surface area contributed by atoms with E-state index in [1.807, 2.05) is 0 Å². The normalized spacial score (nSPS) is 22.0. The van der Waals surface area contributed by atoms with Gasteiger partial charge in [0.25, 0.3) is 0 Å². The molecular formula is C11H23N. The molecular weight excluding hydrogens is 146 g/mol. The summed E-state index contributed by atoms with van der Waals surface area (Å²) in [5, 5.41) is 3.62. The van der Waals surface area contributed by atoms with Gasteiger partial charge in [-0.15, -0.1) is 0 Å². The fraction of sp³-hybridized carbons (Fsp3) is 1.00. The highest BCUT2D eigenvalue weighted by Gasteiger charge is 2.34. The second-order valence-electron chi connectivity index (χ2n) is 5.09. The van der Waals surface area contributed by atoms with Crippen LogP contribution in [0.2, 0.25) is 0 Å². The first-order chi connectivity index (χ1) is 5.55. The Labute approximate surface area is 76.9 Å². The number of rotatable bonds is 3. The molecule has 0 aliphatic heterocycles. The van der Waals surface area contributed by atoms with Gasteiger partial charge in [-0.25, -0.2) is 0 Å². The molecule has 1 unspecified atom stereocenters. The van der Waals surface area contributed by atoms with Crippen LogP contribution in [-0.2, 0) is 0 Å². The molecule has 0 bridgehead atoms. The summed E-state index contributed by atoms with van der Waals surface area (Å²) < 4.78 is 0. The van der Waals surface area contributed by atoms with E-state index in [9.17, 15) is 0 Å². The Morgan fingerprint density at radius 3 is 2.17 bits per heavy atom. The Bertz CT molecular complexity index is 130. The molecule has 1 rings (SSSR count). The van der Waals surface area contributed by atoms with Crippen LogP contribution in [0, 0.1) is 11.3 Å². The van der Waals surface area contributed by atoms with E-state index in [0.29, 0.717) is 5.41 Å². The lowest BCUT2D eigenvalue weighted by Crippen LogP contribution is -2.48. The van der Waals surface area contributed by atoms with Crippen molar-refractivity contribution in [1.82, 2.24) is 5.32 Å². The monoisotopic (exact) mass is 169 g/mol. The van der Waals surface area contributed by atoms with Crippen LogP contribution in [0.1, 0.15) is 47.0 Å². The first kappa shape index (κ1) is 10.0. The van der Waals surface area contributed by atoms with Crippen LogP contribution in [0.3, 0.4) is 0 Å². The summed E-state index contributed by atoms with van der Waals surface area (Å²) in [6.07, 6.45) is 4.33. The van der Waals surface area contributed by atoms with Crippen molar-refractivity contribution in [3.8, 4) is 0 Å². The molecule has 12 heavy (non-hydrogen) atoms. The van der Waals surface area contributed by atoms with Crippen molar-refractivity contribution in [1.29, 1.82) is 0 Å². The summed E-state index contributed by atoms with van der Waals surface area (Å²) >= 11 is 0. The second kappa shape index (κ2) is 3.78. The highest BCUT2D eigenvalue weighted by molar-refractivity contribution is 4.90. The first-order valence-electron chi connectivity index (χ1n) is 5.29. The Hall–Kier alpha value is -0.0400. The van der Waals surface area contributed by atoms with Gasteiger partial charge in [0.15, 0.2) is 0 Å². The lowest BCUT2D eigenvalue weighted by molar-refractivity contribution is 0.132. The van der Waals surface area contributed by atoms with Gasteiger partial charge >= 0.3 is 0 Å². The predicted octanol–water partition coefficient (Wildman–Crippen LogP) is 2.81. The van der Waals surface area contributed by atoms with Crippen LogP contribution < -0.4 is 5.32 Å². The Balaban J connectivity index is 2.47. The maximum atomic E-state index is 3.62. The SMILES string of the molecule is CCNC(C1CCC1)C(C)(C)C. The summed E-state index contributed by atoms with van der Waals surface area (Å²) in [7, 11) is 0. The predicted molar refractivity (Wildman–Crippen MR) is 54.3 cm³/mol. The quantitative estimate of drug-likeness (QED) is 0.685. The molecule has 1 nitrogen and oxygen atoms in total. The Kier molecular flexibility index (Phi) is 3.16. The van der Waals surface area contributed by atoms with Gasteiger partial charge in [-0.2, -0.15) is 0 Å². The van der Waals surface area contributed by atoms with Crippen LogP contribution in [-0.4, -0.2) is 12.6 Å². The van der Waals surface area contributed by atoms with E-state index in [-0.39, 0.29) is 0 Å². The molecule has 1 aliphatic carbocycles. The number of hydrogen-bond acceptors (Lipinski definition) is 1. The molecule has 0 heterocycles. The molecule has 0 amide bonds. The van der Waals surface area contributed by atoms with Crippen molar-refractivity contribution >= 4 is 0 Å². The lowest BCUT2D eigenvalue weighted by Gasteiger charge is -2.42. The van der Waals surface area contributed by atoms with Crippen LogP contribution >= 0.6 is 0 Å². The maximum Gasteiger partial charge on any atom is 0.0144 e. The average Bonchev–Trinajstić information content (AvgIpc) is 1.80.